The Morgan fingerprint density at radius 2 is 1.87 bits per heavy atom. The summed E-state index contributed by atoms with van der Waals surface area (Å²) in [4.78, 5) is 13.8. The summed E-state index contributed by atoms with van der Waals surface area (Å²) in [5.74, 6) is -0.332. The molecule has 0 aliphatic rings. The standard InChI is InChI=1S/C17H17F2NO3/c1-11-3-8-15(21)14(9-11)16(22)20(2)10-12-4-6-13(7-5-12)23-17(18)19/h3-9,17,21H,10H2,1-2H3. The lowest BCUT2D eigenvalue weighted by Gasteiger charge is -2.18. The van der Waals surface area contributed by atoms with E-state index in [1.54, 1.807) is 31.3 Å². The number of hydrogen-bond donors (Lipinski definition) is 1. The van der Waals surface area contributed by atoms with Crippen LogP contribution in [0.25, 0.3) is 0 Å². The fourth-order valence-corrected chi connectivity index (χ4v) is 2.15. The van der Waals surface area contributed by atoms with Crippen molar-refractivity contribution >= 4 is 5.91 Å². The molecule has 23 heavy (non-hydrogen) atoms. The van der Waals surface area contributed by atoms with Crippen LogP contribution in [0.3, 0.4) is 0 Å². The molecule has 0 radical (unpaired) electrons. The van der Waals surface area contributed by atoms with Crippen molar-refractivity contribution in [2.24, 2.45) is 0 Å². The molecule has 0 atom stereocenters. The van der Waals surface area contributed by atoms with Crippen molar-refractivity contribution in [3.05, 3.63) is 59.2 Å². The van der Waals surface area contributed by atoms with Gasteiger partial charge in [-0.2, -0.15) is 8.78 Å². The highest BCUT2D eigenvalue weighted by Gasteiger charge is 2.16. The quantitative estimate of drug-likeness (QED) is 0.916. The van der Waals surface area contributed by atoms with Gasteiger partial charge in [0.05, 0.1) is 5.56 Å². The summed E-state index contributed by atoms with van der Waals surface area (Å²) in [6, 6.07) is 10.9. The van der Waals surface area contributed by atoms with Gasteiger partial charge in [-0.3, -0.25) is 4.79 Å². The number of carbonyl (C=O) groups is 1. The lowest BCUT2D eigenvalue weighted by atomic mass is 10.1. The molecule has 4 nitrogen and oxygen atoms in total. The molecular weight excluding hydrogens is 304 g/mol. The molecule has 6 heteroatoms. The second kappa shape index (κ2) is 7.09. The van der Waals surface area contributed by atoms with Crippen molar-refractivity contribution < 1.29 is 23.4 Å². The van der Waals surface area contributed by atoms with Crippen LogP contribution in [0.5, 0.6) is 11.5 Å². The highest BCUT2D eigenvalue weighted by Crippen LogP contribution is 2.21. The van der Waals surface area contributed by atoms with Gasteiger partial charge in [-0.15, -0.1) is 0 Å². The van der Waals surface area contributed by atoms with E-state index < -0.39 is 6.61 Å². The molecule has 0 bridgehead atoms. The van der Waals surface area contributed by atoms with Gasteiger partial charge in [0.25, 0.3) is 5.91 Å². The van der Waals surface area contributed by atoms with Crippen molar-refractivity contribution in [2.45, 2.75) is 20.1 Å². The smallest absolute Gasteiger partial charge is 0.387 e. The van der Waals surface area contributed by atoms with Gasteiger partial charge in [0.15, 0.2) is 0 Å². The number of halogens is 2. The van der Waals surface area contributed by atoms with E-state index in [1.165, 1.54) is 23.1 Å². The van der Waals surface area contributed by atoms with Gasteiger partial charge in [-0.05, 0) is 36.8 Å². The SMILES string of the molecule is Cc1ccc(O)c(C(=O)N(C)Cc2ccc(OC(F)F)cc2)c1. The minimum atomic E-state index is -2.87. The summed E-state index contributed by atoms with van der Waals surface area (Å²) >= 11 is 0. The van der Waals surface area contributed by atoms with Crippen LogP contribution in [0.4, 0.5) is 8.78 Å². The van der Waals surface area contributed by atoms with Crippen LogP contribution in [0.2, 0.25) is 0 Å². The Morgan fingerprint density at radius 3 is 2.48 bits per heavy atom. The van der Waals surface area contributed by atoms with E-state index in [9.17, 15) is 18.7 Å². The molecular formula is C17H17F2NO3. The molecule has 0 aromatic heterocycles. The zero-order valence-corrected chi connectivity index (χ0v) is 12.8. The van der Waals surface area contributed by atoms with Gasteiger partial charge < -0.3 is 14.7 Å². The third-order valence-electron chi connectivity index (χ3n) is 3.30. The summed E-state index contributed by atoms with van der Waals surface area (Å²) in [6.45, 7) is -0.756. The predicted octanol–water partition coefficient (Wildman–Crippen LogP) is 3.57. The maximum absolute atomic E-state index is 12.4. The number of alkyl halides is 2. The van der Waals surface area contributed by atoms with E-state index in [-0.39, 0.29) is 29.5 Å². The van der Waals surface area contributed by atoms with Crippen molar-refractivity contribution in [3.8, 4) is 11.5 Å². The number of aromatic hydroxyl groups is 1. The largest absolute Gasteiger partial charge is 0.507 e. The predicted molar refractivity (Wildman–Crippen MR) is 81.7 cm³/mol. The minimum Gasteiger partial charge on any atom is -0.507 e. The van der Waals surface area contributed by atoms with Crippen LogP contribution in [-0.2, 0) is 6.54 Å². The molecule has 2 rings (SSSR count). The van der Waals surface area contributed by atoms with E-state index in [4.69, 9.17) is 0 Å². The van der Waals surface area contributed by atoms with Crippen LogP contribution in [0.15, 0.2) is 42.5 Å². The van der Waals surface area contributed by atoms with Gasteiger partial charge >= 0.3 is 6.61 Å². The molecule has 0 fully saturated rings. The molecule has 1 amide bonds. The summed E-state index contributed by atoms with van der Waals surface area (Å²) < 4.78 is 28.5. The Morgan fingerprint density at radius 1 is 1.22 bits per heavy atom. The van der Waals surface area contributed by atoms with E-state index in [0.29, 0.717) is 0 Å². The number of ether oxygens (including phenoxy) is 1. The highest BCUT2D eigenvalue weighted by atomic mass is 19.3. The number of phenolic OH excluding ortho intramolecular Hbond substituents is 1. The lowest BCUT2D eigenvalue weighted by molar-refractivity contribution is -0.0498. The van der Waals surface area contributed by atoms with Gasteiger partial charge in [-0.1, -0.05) is 23.8 Å². The topological polar surface area (TPSA) is 49.8 Å². The first-order valence-electron chi connectivity index (χ1n) is 6.95. The molecule has 0 heterocycles. The van der Waals surface area contributed by atoms with Gasteiger partial charge in [0.2, 0.25) is 0 Å². The lowest BCUT2D eigenvalue weighted by Crippen LogP contribution is -2.26. The van der Waals surface area contributed by atoms with Gasteiger partial charge in [-0.25, -0.2) is 0 Å². The minimum absolute atomic E-state index is 0.0639. The maximum Gasteiger partial charge on any atom is 0.387 e. The van der Waals surface area contributed by atoms with Crippen LogP contribution < -0.4 is 4.74 Å². The molecule has 0 aliphatic heterocycles. The summed E-state index contributed by atoms with van der Waals surface area (Å²) in [5.41, 5.74) is 1.85. The molecule has 0 unspecified atom stereocenters. The van der Waals surface area contributed by atoms with Crippen molar-refractivity contribution in [3.63, 3.8) is 0 Å². The third kappa shape index (κ3) is 4.42. The molecule has 122 valence electrons. The fraction of sp³-hybridized carbons (Fsp3) is 0.235. The molecule has 2 aromatic rings. The molecule has 0 aliphatic carbocycles. The van der Waals surface area contributed by atoms with Crippen molar-refractivity contribution in [1.29, 1.82) is 0 Å². The van der Waals surface area contributed by atoms with Crippen LogP contribution in [-0.4, -0.2) is 29.6 Å². The Labute approximate surface area is 132 Å². The highest BCUT2D eigenvalue weighted by molar-refractivity contribution is 5.96. The van der Waals surface area contributed by atoms with E-state index >= 15 is 0 Å². The zero-order chi connectivity index (χ0) is 17.0. The number of carbonyl (C=O) groups excluding carboxylic acids is 1. The molecule has 0 spiro atoms. The number of phenols is 1. The number of rotatable bonds is 5. The average Bonchev–Trinajstić information content (AvgIpc) is 2.50. The number of nitrogens with zero attached hydrogens (tertiary/aromatic N) is 1. The van der Waals surface area contributed by atoms with E-state index in [1.807, 2.05) is 6.92 Å². The first-order chi connectivity index (χ1) is 10.9. The Kier molecular flexibility index (Phi) is 5.16. The number of amides is 1. The number of hydrogen-bond acceptors (Lipinski definition) is 3. The fourth-order valence-electron chi connectivity index (χ4n) is 2.15. The summed E-state index contributed by atoms with van der Waals surface area (Å²) in [7, 11) is 1.60. The summed E-state index contributed by atoms with van der Waals surface area (Å²) in [5, 5.41) is 9.81. The third-order valence-corrected chi connectivity index (χ3v) is 3.30. The molecule has 0 saturated carbocycles. The van der Waals surface area contributed by atoms with Gasteiger partial charge in [0.1, 0.15) is 11.5 Å². The normalized spacial score (nSPS) is 10.7. The maximum atomic E-state index is 12.4. The molecule has 0 saturated heterocycles. The second-order valence-corrected chi connectivity index (χ2v) is 5.20. The molecule has 1 N–H and O–H groups in total. The average molecular weight is 321 g/mol. The van der Waals surface area contributed by atoms with Crippen LogP contribution in [0.1, 0.15) is 21.5 Å². The monoisotopic (exact) mass is 321 g/mol. The van der Waals surface area contributed by atoms with Gasteiger partial charge in [0, 0.05) is 13.6 Å². The van der Waals surface area contributed by atoms with Crippen LogP contribution in [0, 0.1) is 6.92 Å². The number of benzene rings is 2. The van der Waals surface area contributed by atoms with E-state index in [2.05, 4.69) is 4.74 Å². The number of aryl methyl sites for hydroxylation is 1. The van der Waals surface area contributed by atoms with Crippen molar-refractivity contribution in [1.82, 2.24) is 4.90 Å². The van der Waals surface area contributed by atoms with Crippen molar-refractivity contribution in [2.75, 3.05) is 7.05 Å². The first kappa shape index (κ1) is 16.7. The Bertz CT molecular complexity index is 687. The Hall–Kier alpha value is -2.63. The van der Waals surface area contributed by atoms with E-state index in [0.717, 1.165) is 11.1 Å². The zero-order valence-electron chi connectivity index (χ0n) is 12.8. The van der Waals surface area contributed by atoms with Crippen LogP contribution >= 0.6 is 0 Å². The first-order valence-corrected chi connectivity index (χ1v) is 6.95. The molecule has 2 aromatic carbocycles. The summed E-state index contributed by atoms with van der Waals surface area (Å²) in [6.07, 6.45) is 0. The second-order valence-electron chi connectivity index (χ2n) is 5.20. The Balaban J connectivity index is 2.07.